The van der Waals surface area contributed by atoms with Gasteiger partial charge >= 0.3 is 5.97 Å². The van der Waals surface area contributed by atoms with Gasteiger partial charge in [0, 0.05) is 12.7 Å². The topological polar surface area (TPSA) is 77.2 Å². The molecule has 0 fully saturated rings. The molecule has 0 spiro atoms. The maximum absolute atomic E-state index is 11.2. The lowest BCUT2D eigenvalue weighted by molar-refractivity contribution is -0.142. The Labute approximate surface area is 100 Å². The zero-order valence-corrected chi connectivity index (χ0v) is 10.1. The predicted molar refractivity (Wildman–Crippen MR) is 63.7 cm³/mol. The van der Waals surface area contributed by atoms with Crippen molar-refractivity contribution in [3.05, 3.63) is 23.9 Å². The highest BCUT2D eigenvalue weighted by molar-refractivity contribution is 5.82. The minimum Gasteiger partial charge on any atom is -0.480 e. The number of rotatable bonds is 4. The Kier molecular flexibility index (Phi) is 3.69. The van der Waals surface area contributed by atoms with Crippen LogP contribution in [-0.4, -0.2) is 28.1 Å². The second-order valence-corrected chi connectivity index (χ2v) is 4.13. The SMILES string of the molecule is CCN(c1ccc(C#N)cn1)C(C)(C)C(=O)O. The number of hydrogen-bond donors (Lipinski definition) is 1. The Bertz CT molecular complexity index is 446. The summed E-state index contributed by atoms with van der Waals surface area (Å²) in [7, 11) is 0. The first-order chi connectivity index (χ1) is 7.93. The van der Waals surface area contributed by atoms with Crippen LogP contribution in [0.25, 0.3) is 0 Å². The molecule has 0 radical (unpaired) electrons. The normalized spacial score (nSPS) is 10.7. The van der Waals surface area contributed by atoms with E-state index in [1.165, 1.54) is 6.20 Å². The number of aromatic nitrogens is 1. The molecule has 1 heterocycles. The van der Waals surface area contributed by atoms with Crippen molar-refractivity contribution in [2.45, 2.75) is 26.3 Å². The number of anilines is 1. The largest absolute Gasteiger partial charge is 0.480 e. The summed E-state index contributed by atoms with van der Waals surface area (Å²) in [6, 6.07) is 5.26. The maximum atomic E-state index is 11.2. The number of carboxylic acid groups (broad SMARTS) is 1. The number of carboxylic acids is 1. The second kappa shape index (κ2) is 4.83. The highest BCUT2D eigenvalue weighted by Gasteiger charge is 2.34. The van der Waals surface area contributed by atoms with E-state index in [9.17, 15) is 9.90 Å². The third kappa shape index (κ3) is 2.53. The fourth-order valence-corrected chi connectivity index (χ4v) is 1.57. The van der Waals surface area contributed by atoms with Crippen molar-refractivity contribution < 1.29 is 9.90 Å². The Balaban J connectivity index is 3.10. The average Bonchev–Trinajstić information content (AvgIpc) is 2.30. The molecule has 0 amide bonds. The van der Waals surface area contributed by atoms with E-state index in [-0.39, 0.29) is 0 Å². The number of pyridine rings is 1. The highest BCUT2D eigenvalue weighted by atomic mass is 16.4. The van der Waals surface area contributed by atoms with Crippen molar-refractivity contribution in [3.8, 4) is 6.07 Å². The molecule has 0 saturated carbocycles. The maximum Gasteiger partial charge on any atom is 0.328 e. The number of carbonyl (C=O) groups is 1. The Morgan fingerprint density at radius 3 is 2.59 bits per heavy atom. The standard InChI is InChI=1S/C12H15N3O2/c1-4-15(12(2,3)11(16)17)10-6-5-9(7-13)8-14-10/h5-6,8H,4H2,1-3H3,(H,16,17). The van der Waals surface area contributed by atoms with Crippen molar-refractivity contribution >= 4 is 11.8 Å². The summed E-state index contributed by atoms with van der Waals surface area (Å²) in [6.07, 6.45) is 1.44. The van der Waals surface area contributed by atoms with Gasteiger partial charge in [-0.05, 0) is 32.9 Å². The fraction of sp³-hybridized carbons (Fsp3) is 0.417. The minimum atomic E-state index is -1.03. The molecule has 17 heavy (non-hydrogen) atoms. The first-order valence-corrected chi connectivity index (χ1v) is 5.30. The van der Waals surface area contributed by atoms with Gasteiger partial charge in [0.15, 0.2) is 0 Å². The number of likely N-dealkylation sites (N-methyl/N-ethyl adjacent to an activating group) is 1. The summed E-state index contributed by atoms with van der Waals surface area (Å²) in [5, 5.41) is 17.9. The van der Waals surface area contributed by atoms with E-state index in [1.54, 1.807) is 30.9 Å². The molecule has 5 nitrogen and oxygen atoms in total. The smallest absolute Gasteiger partial charge is 0.328 e. The third-order valence-corrected chi connectivity index (χ3v) is 2.67. The van der Waals surface area contributed by atoms with Gasteiger partial charge in [-0.1, -0.05) is 0 Å². The molecule has 1 aromatic rings. The zero-order valence-electron chi connectivity index (χ0n) is 10.1. The quantitative estimate of drug-likeness (QED) is 0.855. The zero-order chi connectivity index (χ0) is 13.1. The lowest BCUT2D eigenvalue weighted by Gasteiger charge is -2.35. The number of nitrogens with zero attached hydrogens (tertiary/aromatic N) is 3. The first kappa shape index (κ1) is 13.0. The van der Waals surface area contributed by atoms with Gasteiger partial charge in [0.1, 0.15) is 17.4 Å². The van der Waals surface area contributed by atoms with E-state index in [0.29, 0.717) is 17.9 Å². The Hall–Kier alpha value is -2.09. The summed E-state index contributed by atoms with van der Waals surface area (Å²) < 4.78 is 0. The monoisotopic (exact) mass is 233 g/mol. The number of nitriles is 1. The van der Waals surface area contributed by atoms with Gasteiger partial charge in [-0.15, -0.1) is 0 Å². The molecule has 0 bridgehead atoms. The van der Waals surface area contributed by atoms with Gasteiger partial charge in [-0.3, -0.25) is 0 Å². The van der Waals surface area contributed by atoms with Gasteiger partial charge in [0.05, 0.1) is 5.56 Å². The van der Waals surface area contributed by atoms with Crippen LogP contribution >= 0.6 is 0 Å². The molecule has 0 aliphatic heterocycles. The van der Waals surface area contributed by atoms with Crippen LogP contribution in [0.15, 0.2) is 18.3 Å². The van der Waals surface area contributed by atoms with Gasteiger partial charge in [-0.2, -0.15) is 5.26 Å². The van der Waals surface area contributed by atoms with E-state index in [4.69, 9.17) is 5.26 Å². The van der Waals surface area contributed by atoms with Gasteiger partial charge < -0.3 is 10.0 Å². The molecule has 0 aromatic carbocycles. The van der Waals surface area contributed by atoms with Crippen LogP contribution in [0.5, 0.6) is 0 Å². The third-order valence-electron chi connectivity index (χ3n) is 2.67. The van der Waals surface area contributed by atoms with Crippen LogP contribution in [-0.2, 0) is 4.79 Å². The van der Waals surface area contributed by atoms with Gasteiger partial charge in [-0.25, -0.2) is 9.78 Å². The van der Waals surface area contributed by atoms with Crippen LogP contribution in [0.1, 0.15) is 26.3 Å². The number of aliphatic carboxylic acids is 1. The highest BCUT2D eigenvalue weighted by Crippen LogP contribution is 2.22. The molecule has 0 atom stereocenters. The molecule has 90 valence electrons. The molecule has 1 N–H and O–H groups in total. The Morgan fingerprint density at radius 2 is 2.24 bits per heavy atom. The van der Waals surface area contributed by atoms with E-state index in [2.05, 4.69) is 4.98 Å². The lowest BCUT2D eigenvalue weighted by Crippen LogP contribution is -2.50. The van der Waals surface area contributed by atoms with Crippen LogP contribution < -0.4 is 4.90 Å². The van der Waals surface area contributed by atoms with E-state index >= 15 is 0 Å². The molecule has 1 rings (SSSR count). The average molecular weight is 233 g/mol. The number of hydrogen-bond acceptors (Lipinski definition) is 4. The van der Waals surface area contributed by atoms with Crippen LogP contribution in [0.3, 0.4) is 0 Å². The molecule has 0 unspecified atom stereocenters. The van der Waals surface area contributed by atoms with E-state index in [0.717, 1.165) is 0 Å². The van der Waals surface area contributed by atoms with Crippen molar-refractivity contribution in [2.75, 3.05) is 11.4 Å². The van der Waals surface area contributed by atoms with Gasteiger partial charge in [0.2, 0.25) is 0 Å². The van der Waals surface area contributed by atoms with E-state index < -0.39 is 11.5 Å². The van der Waals surface area contributed by atoms with Crippen molar-refractivity contribution in [2.24, 2.45) is 0 Å². The van der Waals surface area contributed by atoms with Gasteiger partial charge in [0.25, 0.3) is 0 Å². The molecule has 0 saturated heterocycles. The first-order valence-electron chi connectivity index (χ1n) is 5.30. The molecule has 1 aromatic heterocycles. The summed E-state index contributed by atoms with van der Waals surface area (Å²) in [5.74, 6) is -0.357. The molecule has 0 aliphatic carbocycles. The summed E-state index contributed by atoms with van der Waals surface area (Å²) in [4.78, 5) is 17.0. The van der Waals surface area contributed by atoms with Crippen molar-refractivity contribution in [1.82, 2.24) is 4.98 Å². The second-order valence-electron chi connectivity index (χ2n) is 4.13. The molecular formula is C12H15N3O2. The summed E-state index contributed by atoms with van der Waals surface area (Å²) in [6.45, 7) is 5.64. The predicted octanol–water partition coefficient (Wildman–Crippen LogP) is 1.64. The van der Waals surface area contributed by atoms with E-state index in [1.807, 2.05) is 13.0 Å². The molecule has 0 aliphatic rings. The minimum absolute atomic E-state index is 0.456. The molecular weight excluding hydrogens is 218 g/mol. The van der Waals surface area contributed by atoms with Crippen molar-refractivity contribution in [1.29, 1.82) is 5.26 Å². The lowest BCUT2D eigenvalue weighted by atomic mass is 10.0. The molecule has 5 heteroatoms. The van der Waals surface area contributed by atoms with Crippen LogP contribution in [0.2, 0.25) is 0 Å². The summed E-state index contributed by atoms with van der Waals surface area (Å²) >= 11 is 0. The van der Waals surface area contributed by atoms with Crippen LogP contribution in [0.4, 0.5) is 5.82 Å². The van der Waals surface area contributed by atoms with Crippen LogP contribution in [0, 0.1) is 11.3 Å². The Morgan fingerprint density at radius 1 is 1.59 bits per heavy atom. The van der Waals surface area contributed by atoms with Crippen molar-refractivity contribution in [3.63, 3.8) is 0 Å². The fourth-order valence-electron chi connectivity index (χ4n) is 1.57. The summed E-state index contributed by atoms with van der Waals surface area (Å²) in [5.41, 5.74) is -0.575.